The third-order valence-electron chi connectivity index (χ3n) is 4.22. The number of piperazine rings is 1. The molecule has 1 N–H and O–H groups in total. The Kier molecular flexibility index (Phi) is 6.21. The molecule has 1 aliphatic heterocycles. The summed E-state index contributed by atoms with van der Waals surface area (Å²) in [5, 5.41) is 3.02. The predicted molar refractivity (Wildman–Crippen MR) is 91.3 cm³/mol. The number of nitrogens with zero attached hydrogens (tertiary/aromatic N) is 3. The van der Waals surface area contributed by atoms with Gasteiger partial charge in [-0.05, 0) is 33.2 Å². The van der Waals surface area contributed by atoms with E-state index in [-0.39, 0.29) is 11.9 Å². The maximum absolute atomic E-state index is 12.2. The van der Waals surface area contributed by atoms with E-state index < -0.39 is 0 Å². The Labute approximate surface area is 133 Å². The standard InChI is InChI=1S/C17H28N4O/c1-15(17(22)18-9-10-19(2)3)20-11-13-21(14-12-20)16-7-5-4-6-8-16/h4-8,15H,9-14H2,1-3H3,(H,18,22)/t15-/m0/s1. The van der Waals surface area contributed by atoms with Gasteiger partial charge in [0.05, 0.1) is 6.04 Å². The van der Waals surface area contributed by atoms with Crippen LogP contribution in [0.1, 0.15) is 6.92 Å². The molecule has 0 unspecified atom stereocenters. The number of likely N-dealkylation sites (N-methyl/N-ethyl adjacent to an activating group) is 1. The molecule has 0 radical (unpaired) electrons. The van der Waals surface area contributed by atoms with E-state index in [2.05, 4.69) is 44.3 Å². The predicted octanol–water partition coefficient (Wildman–Crippen LogP) is 0.875. The maximum Gasteiger partial charge on any atom is 0.237 e. The number of carbonyl (C=O) groups is 1. The Morgan fingerprint density at radius 3 is 2.41 bits per heavy atom. The largest absolute Gasteiger partial charge is 0.369 e. The van der Waals surface area contributed by atoms with Gasteiger partial charge in [-0.15, -0.1) is 0 Å². The minimum Gasteiger partial charge on any atom is -0.369 e. The Balaban J connectivity index is 1.77. The lowest BCUT2D eigenvalue weighted by molar-refractivity contribution is -0.126. The zero-order valence-corrected chi connectivity index (χ0v) is 14.0. The highest BCUT2D eigenvalue weighted by atomic mass is 16.2. The van der Waals surface area contributed by atoms with Crippen molar-refractivity contribution in [2.75, 3.05) is 58.3 Å². The number of amides is 1. The minimum absolute atomic E-state index is 0.0555. The van der Waals surface area contributed by atoms with Gasteiger partial charge < -0.3 is 15.1 Å². The number of anilines is 1. The number of para-hydroxylation sites is 1. The topological polar surface area (TPSA) is 38.8 Å². The van der Waals surface area contributed by atoms with Crippen LogP contribution in [0.4, 0.5) is 5.69 Å². The van der Waals surface area contributed by atoms with Crippen LogP contribution in [0, 0.1) is 0 Å². The van der Waals surface area contributed by atoms with Crippen molar-refractivity contribution in [2.45, 2.75) is 13.0 Å². The molecule has 1 amide bonds. The van der Waals surface area contributed by atoms with E-state index in [0.29, 0.717) is 6.54 Å². The number of rotatable bonds is 6. The molecule has 122 valence electrons. The summed E-state index contributed by atoms with van der Waals surface area (Å²) in [5.74, 6) is 0.134. The normalized spacial score (nSPS) is 17.5. The number of hydrogen-bond acceptors (Lipinski definition) is 4. The molecule has 1 saturated heterocycles. The van der Waals surface area contributed by atoms with Gasteiger partial charge in [0.1, 0.15) is 0 Å². The van der Waals surface area contributed by atoms with Gasteiger partial charge in [0, 0.05) is 45.0 Å². The van der Waals surface area contributed by atoms with Gasteiger partial charge in [-0.2, -0.15) is 0 Å². The molecule has 1 heterocycles. The quantitative estimate of drug-likeness (QED) is 0.847. The van der Waals surface area contributed by atoms with E-state index in [1.165, 1.54) is 5.69 Å². The Morgan fingerprint density at radius 1 is 1.18 bits per heavy atom. The molecule has 1 aromatic carbocycles. The highest BCUT2D eigenvalue weighted by molar-refractivity contribution is 5.81. The lowest BCUT2D eigenvalue weighted by Crippen LogP contribution is -2.54. The second-order valence-electron chi connectivity index (χ2n) is 6.13. The van der Waals surface area contributed by atoms with Crippen LogP contribution in [-0.2, 0) is 4.79 Å². The van der Waals surface area contributed by atoms with E-state index in [4.69, 9.17) is 0 Å². The third kappa shape index (κ3) is 4.71. The second kappa shape index (κ2) is 8.15. The first-order valence-corrected chi connectivity index (χ1v) is 8.04. The molecule has 0 aromatic heterocycles. The molecule has 1 fully saturated rings. The summed E-state index contributed by atoms with van der Waals surface area (Å²) in [5.41, 5.74) is 1.27. The van der Waals surface area contributed by atoms with Crippen molar-refractivity contribution < 1.29 is 4.79 Å². The van der Waals surface area contributed by atoms with Crippen molar-refractivity contribution in [1.82, 2.24) is 15.1 Å². The van der Waals surface area contributed by atoms with Crippen molar-refractivity contribution >= 4 is 11.6 Å². The summed E-state index contributed by atoms with van der Waals surface area (Å²) < 4.78 is 0. The van der Waals surface area contributed by atoms with Crippen molar-refractivity contribution in [3.05, 3.63) is 30.3 Å². The van der Waals surface area contributed by atoms with Gasteiger partial charge in [-0.3, -0.25) is 9.69 Å². The molecule has 1 atom stereocenters. The van der Waals surface area contributed by atoms with Crippen LogP contribution in [0.5, 0.6) is 0 Å². The van der Waals surface area contributed by atoms with E-state index in [1.807, 2.05) is 27.1 Å². The molecule has 5 heteroatoms. The van der Waals surface area contributed by atoms with Crippen molar-refractivity contribution in [3.8, 4) is 0 Å². The van der Waals surface area contributed by atoms with Crippen LogP contribution in [0.3, 0.4) is 0 Å². The van der Waals surface area contributed by atoms with Crippen LogP contribution in [0.25, 0.3) is 0 Å². The van der Waals surface area contributed by atoms with Crippen LogP contribution in [0.2, 0.25) is 0 Å². The van der Waals surface area contributed by atoms with E-state index in [0.717, 1.165) is 32.7 Å². The van der Waals surface area contributed by atoms with Gasteiger partial charge in [0.25, 0.3) is 0 Å². The summed E-state index contributed by atoms with van der Waals surface area (Å²) in [6, 6.07) is 10.4. The number of nitrogens with one attached hydrogen (secondary N) is 1. The lowest BCUT2D eigenvalue weighted by Gasteiger charge is -2.38. The molecule has 2 rings (SSSR count). The van der Waals surface area contributed by atoms with Gasteiger partial charge in [-0.1, -0.05) is 18.2 Å². The molecule has 0 spiro atoms. The first-order valence-electron chi connectivity index (χ1n) is 8.04. The fourth-order valence-electron chi connectivity index (χ4n) is 2.72. The summed E-state index contributed by atoms with van der Waals surface area (Å²) in [6.45, 7) is 7.39. The Bertz CT molecular complexity index is 455. The fourth-order valence-corrected chi connectivity index (χ4v) is 2.72. The van der Waals surface area contributed by atoms with Crippen LogP contribution in [0.15, 0.2) is 30.3 Å². The summed E-state index contributed by atoms with van der Waals surface area (Å²) in [7, 11) is 4.02. The first-order chi connectivity index (χ1) is 10.6. The minimum atomic E-state index is -0.0555. The molecular weight excluding hydrogens is 276 g/mol. The Hall–Kier alpha value is -1.59. The zero-order chi connectivity index (χ0) is 15.9. The summed E-state index contributed by atoms with van der Waals surface area (Å²) >= 11 is 0. The molecule has 1 aromatic rings. The SMILES string of the molecule is C[C@@H](C(=O)NCCN(C)C)N1CCN(c2ccccc2)CC1. The zero-order valence-electron chi connectivity index (χ0n) is 14.0. The molecule has 1 aliphatic rings. The number of carbonyl (C=O) groups excluding carboxylic acids is 1. The highest BCUT2D eigenvalue weighted by Crippen LogP contribution is 2.16. The number of benzene rings is 1. The third-order valence-corrected chi connectivity index (χ3v) is 4.22. The average molecular weight is 304 g/mol. The summed E-state index contributed by atoms with van der Waals surface area (Å²) in [4.78, 5) is 18.9. The first kappa shape index (κ1) is 16.8. The van der Waals surface area contributed by atoms with Gasteiger partial charge >= 0.3 is 0 Å². The van der Waals surface area contributed by atoms with E-state index >= 15 is 0 Å². The summed E-state index contributed by atoms with van der Waals surface area (Å²) in [6.07, 6.45) is 0. The smallest absolute Gasteiger partial charge is 0.237 e. The van der Waals surface area contributed by atoms with Gasteiger partial charge in [0.15, 0.2) is 0 Å². The second-order valence-corrected chi connectivity index (χ2v) is 6.13. The van der Waals surface area contributed by atoms with Crippen molar-refractivity contribution in [1.29, 1.82) is 0 Å². The fraction of sp³-hybridized carbons (Fsp3) is 0.588. The molecule has 0 aliphatic carbocycles. The highest BCUT2D eigenvalue weighted by Gasteiger charge is 2.25. The molecule has 0 bridgehead atoms. The van der Waals surface area contributed by atoms with Crippen molar-refractivity contribution in [2.24, 2.45) is 0 Å². The number of hydrogen-bond donors (Lipinski definition) is 1. The monoisotopic (exact) mass is 304 g/mol. The average Bonchev–Trinajstić information content (AvgIpc) is 2.54. The molecule has 0 saturated carbocycles. The lowest BCUT2D eigenvalue weighted by atomic mass is 10.2. The van der Waals surface area contributed by atoms with Crippen LogP contribution < -0.4 is 10.2 Å². The molecule has 5 nitrogen and oxygen atoms in total. The maximum atomic E-state index is 12.2. The van der Waals surface area contributed by atoms with E-state index in [1.54, 1.807) is 0 Å². The van der Waals surface area contributed by atoms with Gasteiger partial charge in [-0.25, -0.2) is 0 Å². The van der Waals surface area contributed by atoms with Crippen molar-refractivity contribution in [3.63, 3.8) is 0 Å². The molecule has 22 heavy (non-hydrogen) atoms. The van der Waals surface area contributed by atoms with Crippen LogP contribution >= 0.6 is 0 Å². The van der Waals surface area contributed by atoms with Gasteiger partial charge in [0.2, 0.25) is 5.91 Å². The van der Waals surface area contributed by atoms with Crippen LogP contribution in [-0.4, -0.2) is 75.1 Å². The Morgan fingerprint density at radius 2 is 1.82 bits per heavy atom. The van der Waals surface area contributed by atoms with E-state index in [9.17, 15) is 4.79 Å². The molecular formula is C17H28N4O.